The largest absolute Gasteiger partial charge is 0.325 e. The minimum Gasteiger partial charge on any atom is -0.325 e. The molecule has 5 nitrogen and oxygen atoms in total. The Kier molecular flexibility index (Phi) is 3.82. The van der Waals surface area contributed by atoms with Crippen LogP contribution < -0.4 is 5.56 Å². The van der Waals surface area contributed by atoms with E-state index in [2.05, 4.69) is 11.1 Å². The second kappa shape index (κ2) is 5.93. The molecule has 114 valence electrons. The molecule has 0 amide bonds. The Labute approximate surface area is 134 Å². The predicted molar refractivity (Wildman–Crippen MR) is 87.9 cm³/mol. The number of rotatable bonds is 3. The van der Waals surface area contributed by atoms with E-state index in [9.17, 15) is 4.79 Å². The molecule has 0 bridgehead atoms. The van der Waals surface area contributed by atoms with Crippen LogP contribution in [-0.2, 0) is 13.6 Å². The molecule has 0 spiro atoms. The number of nitrogens with zero attached hydrogens (tertiary/aromatic N) is 4. The molecule has 3 aromatic rings. The first-order valence-electron chi connectivity index (χ1n) is 7.27. The predicted octanol–water partition coefficient (Wildman–Crippen LogP) is 2.48. The second-order valence-electron chi connectivity index (χ2n) is 5.50. The Balaban J connectivity index is 2.11. The highest BCUT2D eigenvalue weighted by molar-refractivity contribution is 5.57. The van der Waals surface area contributed by atoms with Crippen LogP contribution in [0.4, 0.5) is 0 Å². The van der Waals surface area contributed by atoms with Crippen molar-refractivity contribution < 1.29 is 0 Å². The summed E-state index contributed by atoms with van der Waals surface area (Å²) in [5.74, 6) is 0.684. The highest BCUT2D eigenvalue weighted by Gasteiger charge is 2.12. The van der Waals surface area contributed by atoms with E-state index in [0.29, 0.717) is 23.6 Å². The summed E-state index contributed by atoms with van der Waals surface area (Å²) in [5, 5.41) is 9.16. The zero-order chi connectivity index (χ0) is 16.4. The number of aryl methyl sites for hydroxylation is 2. The summed E-state index contributed by atoms with van der Waals surface area (Å²) in [5.41, 5.74) is 2.93. The molecule has 0 aliphatic heterocycles. The SMILES string of the molecule is Cc1cc(-c2nc(C#N)cn2Cc2ccccc2)cn(C)c1=O. The summed E-state index contributed by atoms with van der Waals surface area (Å²) >= 11 is 0. The fraction of sp³-hybridized carbons (Fsp3) is 0.167. The molecule has 3 rings (SSSR count). The van der Waals surface area contributed by atoms with Gasteiger partial charge in [-0.3, -0.25) is 4.79 Å². The minimum absolute atomic E-state index is 0.0320. The summed E-state index contributed by atoms with van der Waals surface area (Å²) < 4.78 is 3.48. The summed E-state index contributed by atoms with van der Waals surface area (Å²) in [4.78, 5) is 16.3. The van der Waals surface area contributed by atoms with E-state index >= 15 is 0 Å². The molecule has 0 aliphatic rings. The molecule has 0 N–H and O–H groups in total. The third-order valence-corrected chi connectivity index (χ3v) is 3.71. The average Bonchev–Trinajstić information content (AvgIpc) is 2.96. The van der Waals surface area contributed by atoms with E-state index in [1.54, 1.807) is 26.4 Å². The second-order valence-corrected chi connectivity index (χ2v) is 5.50. The van der Waals surface area contributed by atoms with Crippen molar-refractivity contribution in [2.75, 3.05) is 0 Å². The number of imidazole rings is 1. The smallest absolute Gasteiger partial charge is 0.253 e. The highest BCUT2D eigenvalue weighted by atomic mass is 16.1. The number of aromatic nitrogens is 3. The Morgan fingerprint density at radius 2 is 1.96 bits per heavy atom. The minimum atomic E-state index is -0.0320. The maximum absolute atomic E-state index is 11.9. The van der Waals surface area contributed by atoms with E-state index in [0.717, 1.165) is 11.1 Å². The van der Waals surface area contributed by atoms with Crippen LogP contribution in [0.15, 0.2) is 53.6 Å². The lowest BCUT2D eigenvalue weighted by molar-refractivity contribution is 0.798. The van der Waals surface area contributed by atoms with Crippen LogP contribution in [0, 0.1) is 18.3 Å². The number of hydrogen-bond acceptors (Lipinski definition) is 3. The van der Waals surface area contributed by atoms with Crippen LogP contribution in [0.1, 0.15) is 16.8 Å². The molecule has 0 unspecified atom stereocenters. The first kappa shape index (κ1) is 14.8. The molecule has 23 heavy (non-hydrogen) atoms. The topological polar surface area (TPSA) is 63.6 Å². The number of hydrogen-bond donors (Lipinski definition) is 0. The van der Waals surface area contributed by atoms with Crippen molar-refractivity contribution in [2.24, 2.45) is 7.05 Å². The van der Waals surface area contributed by atoms with Gasteiger partial charge in [0.15, 0.2) is 5.69 Å². The van der Waals surface area contributed by atoms with Gasteiger partial charge in [0.2, 0.25) is 0 Å². The molecular weight excluding hydrogens is 288 g/mol. The molecule has 1 aromatic carbocycles. The van der Waals surface area contributed by atoms with Gasteiger partial charge >= 0.3 is 0 Å². The average molecular weight is 304 g/mol. The van der Waals surface area contributed by atoms with Crippen molar-refractivity contribution in [3.63, 3.8) is 0 Å². The summed E-state index contributed by atoms with van der Waals surface area (Å²) in [6, 6.07) is 13.9. The molecule has 2 aromatic heterocycles. The van der Waals surface area contributed by atoms with Gasteiger partial charge in [-0.2, -0.15) is 5.26 Å². The number of pyridine rings is 1. The molecular formula is C18H16N4O. The van der Waals surface area contributed by atoms with Gasteiger partial charge in [0.25, 0.3) is 5.56 Å². The van der Waals surface area contributed by atoms with Gasteiger partial charge in [0.1, 0.15) is 11.9 Å². The Morgan fingerprint density at radius 3 is 2.61 bits per heavy atom. The normalized spacial score (nSPS) is 10.5. The molecule has 0 aliphatic carbocycles. The van der Waals surface area contributed by atoms with Gasteiger partial charge in [-0.05, 0) is 18.6 Å². The van der Waals surface area contributed by atoms with E-state index in [1.807, 2.05) is 41.0 Å². The summed E-state index contributed by atoms with van der Waals surface area (Å²) in [6.07, 6.45) is 3.49. The molecule has 2 heterocycles. The zero-order valence-electron chi connectivity index (χ0n) is 13.0. The zero-order valence-corrected chi connectivity index (χ0v) is 13.0. The first-order chi connectivity index (χ1) is 11.1. The van der Waals surface area contributed by atoms with Crippen molar-refractivity contribution in [3.05, 3.63) is 76.0 Å². The van der Waals surface area contributed by atoms with Crippen LogP contribution in [0.5, 0.6) is 0 Å². The molecule has 5 heteroatoms. The highest BCUT2D eigenvalue weighted by Crippen LogP contribution is 2.20. The van der Waals surface area contributed by atoms with Gasteiger partial charge in [0, 0.05) is 37.1 Å². The summed E-state index contributed by atoms with van der Waals surface area (Å²) in [6.45, 7) is 2.40. The molecule has 0 atom stereocenters. The van der Waals surface area contributed by atoms with Crippen molar-refractivity contribution >= 4 is 0 Å². The first-order valence-corrected chi connectivity index (χ1v) is 7.27. The molecule has 0 saturated heterocycles. The van der Waals surface area contributed by atoms with Gasteiger partial charge in [-0.25, -0.2) is 4.98 Å². The van der Waals surface area contributed by atoms with E-state index < -0.39 is 0 Å². The van der Waals surface area contributed by atoms with Gasteiger partial charge < -0.3 is 9.13 Å². The van der Waals surface area contributed by atoms with Gasteiger partial charge in [-0.15, -0.1) is 0 Å². The summed E-state index contributed by atoms with van der Waals surface area (Å²) in [7, 11) is 1.72. The monoisotopic (exact) mass is 304 g/mol. The molecule has 0 saturated carbocycles. The Morgan fingerprint density at radius 1 is 1.22 bits per heavy atom. The molecule has 0 radical (unpaired) electrons. The van der Waals surface area contributed by atoms with Crippen molar-refractivity contribution in [3.8, 4) is 17.5 Å². The quantitative estimate of drug-likeness (QED) is 0.746. The fourth-order valence-corrected chi connectivity index (χ4v) is 2.60. The lowest BCUT2D eigenvalue weighted by Gasteiger charge is -2.10. The maximum Gasteiger partial charge on any atom is 0.253 e. The lowest BCUT2D eigenvalue weighted by Crippen LogP contribution is -2.18. The van der Waals surface area contributed by atoms with Crippen LogP contribution >= 0.6 is 0 Å². The maximum atomic E-state index is 11.9. The van der Waals surface area contributed by atoms with E-state index in [1.165, 1.54) is 4.57 Å². The number of nitriles is 1. The van der Waals surface area contributed by atoms with Crippen LogP contribution in [0.25, 0.3) is 11.4 Å². The van der Waals surface area contributed by atoms with Gasteiger partial charge in [-0.1, -0.05) is 30.3 Å². The fourth-order valence-electron chi connectivity index (χ4n) is 2.60. The third-order valence-electron chi connectivity index (χ3n) is 3.71. The van der Waals surface area contributed by atoms with E-state index in [4.69, 9.17) is 5.26 Å². The van der Waals surface area contributed by atoms with Crippen LogP contribution in [0.2, 0.25) is 0 Å². The standard InChI is InChI=1S/C18H16N4O/c1-13-8-15(11-21(2)18(13)23)17-20-16(9-19)12-22(17)10-14-6-4-3-5-7-14/h3-8,11-12H,10H2,1-2H3. The Hall–Kier alpha value is -3.13. The Bertz CT molecular complexity index is 919. The lowest BCUT2D eigenvalue weighted by atomic mass is 10.2. The van der Waals surface area contributed by atoms with Crippen molar-refractivity contribution in [2.45, 2.75) is 13.5 Å². The van der Waals surface area contributed by atoms with Crippen molar-refractivity contribution in [1.29, 1.82) is 5.26 Å². The van der Waals surface area contributed by atoms with Crippen LogP contribution in [-0.4, -0.2) is 14.1 Å². The van der Waals surface area contributed by atoms with Crippen LogP contribution in [0.3, 0.4) is 0 Å². The van der Waals surface area contributed by atoms with E-state index in [-0.39, 0.29) is 5.56 Å². The van der Waals surface area contributed by atoms with Crippen molar-refractivity contribution in [1.82, 2.24) is 14.1 Å². The molecule has 0 fully saturated rings. The third kappa shape index (κ3) is 2.92. The number of benzene rings is 1. The van der Waals surface area contributed by atoms with Gasteiger partial charge in [0.05, 0.1) is 0 Å².